The van der Waals surface area contributed by atoms with Crippen LogP contribution >= 0.6 is 27.5 Å². The quantitative estimate of drug-likeness (QED) is 0.796. The van der Waals surface area contributed by atoms with Gasteiger partial charge in [0, 0.05) is 17.1 Å². The Labute approximate surface area is 156 Å². The molecule has 2 aromatic rings. The van der Waals surface area contributed by atoms with Crippen molar-refractivity contribution in [1.29, 1.82) is 0 Å². The summed E-state index contributed by atoms with van der Waals surface area (Å²) in [7, 11) is 1.41. The zero-order valence-corrected chi connectivity index (χ0v) is 15.3. The van der Waals surface area contributed by atoms with Crippen LogP contribution in [-0.4, -0.2) is 31.4 Å². The van der Waals surface area contributed by atoms with Gasteiger partial charge in [0.1, 0.15) is 11.6 Å². The number of aliphatic imine (C=N–C) groups is 1. The first-order chi connectivity index (χ1) is 11.9. The highest BCUT2D eigenvalue weighted by Crippen LogP contribution is 2.36. The highest BCUT2D eigenvalue weighted by molar-refractivity contribution is 9.10. The average Bonchev–Trinajstić information content (AvgIpc) is 2.69. The molecular formula is C17H12BrClF2N2O2. The van der Waals surface area contributed by atoms with Crippen molar-refractivity contribution in [3.05, 3.63) is 62.6 Å². The number of ether oxygens (including phenoxy) is 1. The van der Waals surface area contributed by atoms with Crippen molar-refractivity contribution in [2.45, 2.75) is 6.04 Å². The van der Waals surface area contributed by atoms with E-state index in [9.17, 15) is 13.6 Å². The lowest BCUT2D eigenvalue weighted by atomic mass is 9.99. The summed E-state index contributed by atoms with van der Waals surface area (Å²) in [4.78, 5) is 16.6. The van der Waals surface area contributed by atoms with Gasteiger partial charge in [0.05, 0.1) is 28.6 Å². The monoisotopic (exact) mass is 428 g/mol. The van der Waals surface area contributed by atoms with E-state index in [0.29, 0.717) is 10.2 Å². The molecule has 1 aliphatic heterocycles. The normalized spacial score (nSPS) is 16.8. The molecule has 1 aliphatic rings. The first-order valence-electron chi connectivity index (χ1n) is 7.24. The maximum atomic E-state index is 14.4. The third-order valence-electron chi connectivity index (χ3n) is 3.70. The molecule has 1 heterocycles. The molecule has 0 spiro atoms. The molecule has 0 fully saturated rings. The molecule has 2 aromatic carbocycles. The van der Waals surface area contributed by atoms with Crippen molar-refractivity contribution in [1.82, 2.24) is 0 Å². The fourth-order valence-corrected chi connectivity index (χ4v) is 3.15. The SMILES string of the molecule is COC[C@@H]1N=C(c2c(F)cccc2F)c2c(ccc(Br)c2Cl)NC1=O. The van der Waals surface area contributed by atoms with E-state index in [1.54, 1.807) is 12.1 Å². The van der Waals surface area contributed by atoms with E-state index in [-0.39, 0.29) is 28.5 Å². The van der Waals surface area contributed by atoms with Gasteiger partial charge < -0.3 is 10.1 Å². The van der Waals surface area contributed by atoms with Gasteiger partial charge in [-0.1, -0.05) is 17.7 Å². The van der Waals surface area contributed by atoms with Gasteiger partial charge in [0.15, 0.2) is 6.04 Å². The molecule has 0 radical (unpaired) electrons. The molecule has 3 rings (SSSR count). The smallest absolute Gasteiger partial charge is 0.251 e. The van der Waals surface area contributed by atoms with Gasteiger partial charge in [-0.05, 0) is 40.2 Å². The van der Waals surface area contributed by atoms with E-state index in [1.807, 2.05) is 0 Å². The van der Waals surface area contributed by atoms with Crippen LogP contribution in [0.25, 0.3) is 0 Å². The number of nitrogens with one attached hydrogen (secondary N) is 1. The predicted molar refractivity (Wildman–Crippen MR) is 95.4 cm³/mol. The summed E-state index contributed by atoms with van der Waals surface area (Å²) in [5.74, 6) is -2.05. The summed E-state index contributed by atoms with van der Waals surface area (Å²) < 4.78 is 34.3. The van der Waals surface area contributed by atoms with Crippen LogP contribution in [0.4, 0.5) is 14.5 Å². The van der Waals surface area contributed by atoms with Gasteiger partial charge in [-0.2, -0.15) is 0 Å². The third kappa shape index (κ3) is 3.31. The van der Waals surface area contributed by atoms with Gasteiger partial charge >= 0.3 is 0 Å². The summed E-state index contributed by atoms with van der Waals surface area (Å²) in [6.45, 7) is -0.0435. The van der Waals surface area contributed by atoms with Crippen molar-refractivity contribution in [3.63, 3.8) is 0 Å². The number of benzene rings is 2. The number of halogens is 4. The minimum absolute atomic E-state index is 0.0435. The standard InChI is InChI=1S/C17H12BrClF2N2O2/c1-25-7-12-17(24)23-11-6-5-8(18)15(19)14(11)16(22-12)13-9(20)3-2-4-10(13)21/h2-6,12H,7H2,1H3,(H,23,24)/t12-/m0/s1. The minimum atomic E-state index is -0.971. The Kier molecular flexibility index (Phi) is 5.17. The Hall–Kier alpha value is -1.83. The fourth-order valence-electron chi connectivity index (χ4n) is 2.57. The number of benzodiazepines with no additional fused rings is 1. The van der Waals surface area contributed by atoms with E-state index in [1.165, 1.54) is 13.2 Å². The van der Waals surface area contributed by atoms with Gasteiger partial charge in [-0.15, -0.1) is 0 Å². The number of anilines is 1. The largest absolute Gasteiger partial charge is 0.382 e. The van der Waals surface area contributed by atoms with Crippen LogP contribution in [0.3, 0.4) is 0 Å². The summed E-state index contributed by atoms with van der Waals surface area (Å²) in [5.41, 5.74) is 0.170. The number of carbonyl (C=O) groups excluding carboxylic acids is 1. The molecular weight excluding hydrogens is 418 g/mol. The number of hydrogen-bond donors (Lipinski definition) is 1. The van der Waals surface area contributed by atoms with Crippen molar-refractivity contribution in [3.8, 4) is 0 Å². The number of amides is 1. The molecule has 0 aromatic heterocycles. The van der Waals surface area contributed by atoms with Crippen molar-refractivity contribution < 1.29 is 18.3 Å². The molecule has 0 aliphatic carbocycles. The molecule has 1 N–H and O–H groups in total. The number of nitrogens with zero attached hydrogens (tertiary/aromatic N) is 1. The Bertz CT molecular complexity index is 869. The third-order valence-corrected chi connectivity index (χ3v) is 4.98. The van der Waals surface area contributed by atoms with Crippen molar-refractivity contribution in [2.75, 3.05) is 19.0 Å². The van der Waals surface area contributed by atoms with Crippen LogP contribution < -0.4 is 5.32 Å². The average molecular weight is 430 g/mol. The lowest BCUT2D eigenvalue weighted by Crippen LogP contribution is -2.29. The summed E-state index contributed by atoms with van der Waals surface area (Å²) in [6.07, 6.45) is 0. The summed E-state index contributed by atoms with van der Waals surface area (Å²) in [5, 5.41) is 2.87. The summed E-state index contributed by atoms with van der Waals surface area (Å²) >= 11 is 9.64. The van der Waals surface area contributed by atoms with E-state index < -0.39 is 23.6 Å². The number of rotatable bonds is 3. The Morgan fingerprint density at radius 3 is 2.56 bits per heavy atom. The second-order valence-corrected chi connectivity index (χ2v) is 6.55. The highest BCUT2D eigenvalue weighted by atomic mass is 79.9. The molecule has 0 unspecified atom stereocenters. The zero-order chi connectivity index (χ0) is 18.1. The Balaban J connectivity index is 2.34. The van der Waals surface area contributed by atoms with E-state index in [2.05, 4.69) is 26.2 Å². The molecule has 25 heavy (non-hydrogen) atoms. The zero-order valence-electron chi connectivity index (χ0n) is 12.9. The molecule has 0 saturated carbocycles. The van der Waals surface area contributed by atoms with Crippen molar-refractivity contribution >= 4 is 44.8 Å². The first kappa shape index (κ1) is 18.0. The van der Waals surface area contributed by atoms with E-state index in [4.69, 9.17) is 16.3 Å². The second kappa shape index (κ2) is 7.19. The number of hydrogen-bond acceptors (Lipinski definition) is 3. The van der Waals surface area contributed by atoms with Crippen LogP contribution in [-0.2, 0) is 9.53 Å². The second-order valence-electron chi connectivity index (χ2n) is 5.32. The molecule has 8 heteroatoms. The molecule has 4 nitrogen and oxygen atoms in total. The van der Waals surface area contributed by atoms with E-state index in [0.717, 1.165) is 12.1 Å². The molecule has 1 atom stereocenters. The number of methoxy groups -OCH3 is 1. The minimum Gasteiger partial charge on any atom is -0.382 e. The Morgan fingerprint density at radius 1 is 1.24 bits per heavy atom. The van der Waals surface area contributed by atoms with Gasteiger partial charge in [-0.3, -0.25) is 9.79 Å². The lowest BCUT2D eigenvalue weighted by molar-refractivity contribution is -0.118. The van der Waals surface area contributed by atoms with Gasteiger partial charge in [-0.25, -0.2) is 8.78 Å². The fraction of sp³-hybridized carbons (Fsp3) is 0.176. The topological polar surface area (TPSA) is 50.7 Å². The maximum Gasteiger partial charge on any atom is 0.251 e. The molecule has 0 bridgehead atoms. The number of fused-ring (bicyclic) bond motifs is 1. The predicted octanol–water partition coefficient (Wildman–Crippen LogP) is 4.19. The van der Waals surface area contributed by atoms with Gasteiger partial charge in [0.25, 0.3) is 5.91 Å². The van der Waals surface area contributed by atoms with E-state index >= 15 is 0 Å². The van der Waals surface area contributed by atoms with Crippen LogP contribution in [0.15, 0.2) is 39.8 Å². The van der Waals surface area contributed by atoms with Crippen LogP contribution in [0.5, 0.6) is 0 Å². The van der Waals surface area contributed by atoms with Crippen LogP contribution in [0, 0.1) is 11.6 Å². The van der Waals surface area contributed by atoms with Crippen LogP contribution in [0.2, 0.25) is 5.02 Å². The van der Waals surface area contributed by atoms with Crippen molar-refractivity contribution in [2.24, 2.45) is 4.99 Å². The molecule has 1 amide bonds. The lowest BCUT2D eigenvalue weighted by Gasteiger charge is -2.14. The van der Waals surface area contributed by atoms with Crippen LogP contribution in [0.1, 0.15) is 11.1 Å². The molecule has 0 saturated heterocycles. The highest BCUT2D eigenvalue weighted by Gasteiger charge is 2.30. The first-order valence-corrected chi connectivity index (χ1v) is 8.41. The van der Waals surface area contributed by atoms with Gasteiger partial charge in [0.2, 0.25) is 0 Å². The summed E-state index contributed by atoms with van der Waals surface area (Å²) in [6, 6.07) is 5.75. The number of carbonyl (C=O) groups is 1. The molecule has 130 valence electrons. The Morgan fingerprint density at radius 2 is 1.92 bits per heavy atom. The maximum absolute atomic E-state index is 14.4.